The lowest BCUT2D eigenvalue weighted by atomic mass is 9.77. The van der Waals surface area contributed by atoms with E-state index < -0.39 is 0 Å². The van der Waals surface area contributed by atoms with Gasteiger partial charge in [0.25, 0.3) is 0 Å². The highest BCUT2D eigenvalue weighted by Crippen LogP contribution is 2.34. The zero-order chi connectivity index (χ0) is 11.4. The fraction of sp³-hybridized carbons (Fsp3) is 1.00. The maximum atomic E-state index is 3.51. The first kappa shape index (κ1) is 12.4. The molecule has 2 unspecified atom stereocenters. The standard InChI is InChI=1S/C14H28N2/c1-3-12-7-9-16(10-8-12)14-6-5-13(14)11-15-4-2/h12-15H,3-11H2,1-2H3. The van der Waals surface area contributed by atoms with Crippen molar-refractivity contribution in [2.24, 2.45) is 11.8 Å². The molecule has 1 saturated heterocycles. The molecule has 1 aliphatic heterocycles. The van der Waals surface area contributed by atoms with Crippen molar-refractivity contribution in [3.63, 3.8) is 0 Å². The number of hydrogen-bond donors (Lipinski definition) is 1. The molecule has 1 saturated carbocycles. The van der Waals surface area contributed by atoms with Crippen molar-refractivity contribution in [3.05, 3.63) is 0 Å². The number of nitrogens with one attached hydrogen (secondary N) is 1. The average molecular weight is 224 g/mol. The summed E-state index contributed by atoms with van der Waals surface area (Å²) in [6, 6.07) is 0.914. The molecule has 0 aromatic heterocycles. The third kappa shape index (κ3) is 2.78. The van der Waals surface area contributed by atoms with Crippen molar-refractivity contribution in [2.75, 3.05) is 26.2 Å². The zero-order valence-electron chi connectivity index (χ0n) is 11.0. The smallest absolute Gasteiger partial charge is 0.0136 e. The van der Waals surface area contributed by atoms with Crippen LogP contribution in [0, 0.1) is 11.8 Å². The zero-order valence-corrected chi connectivity index (χ0v) is 11.0. The molecule has 16 heavy (non-hydrogen) atoms. The quantitative estimate of drug-likeness (QED) is 0.772. The van der Waals surface area contributed by atoms with Crippen molar-refractivity contribution in [1.82, 2.24) is 10.2 Å². The molecule has 0 aromatic rings. The summed E-state index contributed by atoms with van der Waals surface area (Å²) in [6.07, 6.45) is 7.18. The van der Waals surface area contributed by atoms with E-state index in [2.05, 4.69) is 24.1 Å². The van der Waals surface area contributed by atoms with E-state index in [1.807, 2.05) is 0 Å². The van der Waals surface area contributed by atoms with Crippen LogP contribution in [-0.2, 0) is 0 Å². The van der Waals surface area contributed by atoms with E-state index in [0.29, 0.717) is 0 Å². The van der Waals surface area contributed by atoms with E-state index >= 15 is 0 Å². The molecular formula is C14H28N2. The molecule has 1 heterocycles. The van der Waals surface area contributed by atoms with Gasteiger partial charge in [-0.1, -0.05) is 20.3 Å². The van der Waals surface area contributed by atoms with E-state index in [-0.39, 0.29) is 0 Å². The van der Waals surface area contributed by atoms with Crippen molar-refractivity contribution >= 4 is 0 Å². The van der Waals surface area contributed by atoms with Crippen LogP contribution in [0.25, 0.3) is 0 Å². The molecule has 1 N–H and O–H groups in total. The van der Waals surface area contributed by atoms with Crippen LogP contribution >= 0.6 is 0 Å². The van der Waals surface area contributed by atoms with Crippen LogP contribution < -0.4 is 5.32 Å². The van der Waals surface area contributed by atoms with Crippen molar-refractivity contribution < 1.29 is 0 Å². The summed E-state index contributed by atoms with van der Waals surface area (Å²) in [7, 11) is 0. The fourth-order valence-corrected chi connectivity index (χ4v) is 3.29. The Morgan fingerprint density at radius 2 is 1.81 bits per heavy atom. The van der Waals surface area contributed by atoms with Gasteiger partial charge in [-0.25, -0.2) is 0 Å². The fourth-order valence-electron chi connectivity index (χ4n) is 3.29. The van der Waals surface area contributed by atoms with Crippen LogP contribution in [0.3, 0.4) is 0 Å². The van der Waals surface area contributed by atoms with Gasteiger partial charge in [-0.3, -0.25) is 0 Å². The Hall–Kier alpha value is -0.0800. The van der Waals surface area contributed by atoms with Crippen molar-refractivity contribution in [1.29, 1.82) is 0 Å². The normalized spacial score (nSPS) is 32.6. The Morgan fingerprint density at radius 1 is 1.06 bits per heavy atom. The van der Waals surface area contributed by atoms with E-state index in [9.17, 15) is 0 Å². The molecule has 94 valence electrons. The Kier molecular flexibility index (Phi) is 4.66. The minimum absolute atomic E-state index is 0.914. The van der Waals surface area contributed by atoms with E-state index in [0.717, 1.165) is 24.4 Å². The molecule has 0 aromatic carbocycles. The lowest BCUT2D eigenvalue weighted by Gasteiger charge is -2.47. The van der Waals surface area contributed by atoms with Gasteiger partial charge in [-0.2, -0.15) is 0 Å². The number of hydrogen-bond acceptors (Lipinski definition) is 2. The van der Waals surface area contributed by atoms with Crippen LogP contribution in [0.15, 0.2) is 0 Å². The molecular weight excluding hydrogens is 196 g/mol. The SMILES string of the molecule is CCNCC1CCC1N1CCC(CC)CC1. The molecule has 2 fully saturated rings. The molecule has 2 atom stereocenters. The molecule has 2 aliphatic rings. The first-order valence-electron chi connectivity index (χ1n) is 7.29. The van der Waals surface area contributed by atoms with Crippen molar-refractivity contribution in [2.45, 2.75) is 52.0 Å². The number of rotatable bonds is 5. The minimum atomic E-state index is 0.914. The summed E-state index contributed by atoms with van der Waals surface area (Å²) < 4.78 is 0. The number of piperidine rings is 1. The highest BCUT2D eigenvalue weighted by molar-refractivity contribution is 4.91. The predicted molar refractivity (Wildman–Crippen MR) is 69.6 cm³/mol. The van der Waals surface area contributed by atoms with Crippen LogP contribution in [0.5, 0.6) is 0 Å². The second-order valence-electron chi connectivity index (χ2n) is 5.60. The molecule has 0 radical (unpaired) electrons. The van der Waals surface area contributed by atoms with Gasteiger partial charge in [0.2, 0.25) is 0 Å². The van der Waals surface area contributed by atoms with Crippen LogP contribution in [0.4, 0.5) is 0 Å². The van der Waals surface area contributed by atoms with Crippen LogP contribution in [0.1, 0.15) is 46.0 Å². The summed E-state index contributed by atoms with van der Waals surface area (Å²) >= 11 is 0. The average Bonchev–Trinajstić information content (AvgIpc) is 2.29. The number of nitrogens with zero attached hydrogens (tertiary/aromatic N) is 1. The second kappa shape index (κ2) is 6.02. The maximum absolute atomic E-state index is 3.51. The summed E-state index contributed by atoms with van der Waals surface area (Å²) in [6.45, 7) is 9.66. The van der Waals surface area contributed by atoms with Gasteiger partial charge < -0.3 is 10.2 Å². The lowest BCUT2D eigenvalue weighted by molar-refractivity contribution is 0.0341. The Balaban J connectivity index is 1.72. The Morgan fingerprint density at radius 3 is 2.31 bits per heavy atom. The molecule has 2 nitrogen and oxygen atoms in total. The molecule has 0 spiro atoms. The molecule has 0 bridgehead atoms. The van der Waals surface area contributed by atoms with Gasteiger partial charge in [-0.15, -0.1) is 0 Å². The van der Waals surface area contributed by atoms with Crippen LogP contribution in [-0.4, -0.2) is 37.1 Å². The Bertz CT molecular complexity index is 197. The molecule has 2 heteroatoms. The van der Waals surface area contributed by atoms with Gasteiger partial charge in [0, 0.05) is 6.04 Å². The minimum Gasteiger partial charge on any atom is -0.317 e. The third-order valence-electron chi connectivity index (χ3n) is 4.73. The Labute approximate surface area is 101 Å². The van der Waals surface area contributed by atoms with Crippen LogP contribution in [0.2, 0.25) is 0 Å². The predicted octanol–water partition coefficient (Wildman–Crippen LogP) is 2.50. The number of likely N-dealkylation sites (tertiary alicyclic amines) is 1. The summed E-state index contributed by atoms with van der Waals surface area (Å²) in [4.78, 5) is 2.78. The highest BCUT2D eigenvalue weighted by atomic mass is 15.2. The third-order valence-corrected chi connectivity index (χ3v) is 4.73. The molecule has 0 amide bonds. The molecule has 1 aliphatic carbocycles. The van der Waals surface area contributed by atoms with E-state index in [1.54, 1.807) is 0 Å². The summed E-state index contributed by atoms with van der Waals surface area (Å²) in [5.74, 6) is 1.96. The topological polar surface area (TPSA) is 15.3 Å². The second-order valence-corrected chi connectivity index (χ2v) is 5.60. The first-order valence-corrected chi connectivity index (χ1v) is 7.29. The monoisotopic (exact) mass is 224 g/mol. The van der Waals surface area contributed by atoms with Gasteiger partial charge in [0.15, 0.2) is 0 Å². The van der Waals surface area contributed by atoms with Gasteiger partial charge in [0.05, 0.1) is 0 Å². The van der Waals surface area contributed by atoms with Gasteiger partial charge in [-0.05, 0) is 63.7 Å². The largest absolute Gasteiger partial charge is 0.317 e. The molecule has 2 rings (SSSR count). The van der Waals surface area contributed by atoms with Gasteiger partial charge >= 0.3 is 0 Å². The van der Waals surface area contributed by atoms with E-state index in [1.165, 1.54) is 51.7 Å². The highest BCUT2D eigenvalue weighted by Gasteiger charge is 2.36. The maximum Gasteiger partial charge on any atom is 0.0136 e. The van der Waals surface area contributed by atoms with Crippen molar-refractivity contribution in [3.8, 4) is 0 Å². The van der Waals surface area contributed by atoms with E-state index in [4.69, 9.17) is 0 Å². The first-order chi connectivity index (χ1) is 7.85. The summed E-state index contributed by atoms with van der Waals surface area (Å²) in [5.41, 5.74) is 0. The lowest BCUT2D eigenvalue weighted by Crippen LogP contribution is -2.52. The van der Waals surface area contributed by atoms with Gasteiger partial charge in [0.1, 0.15) is 0 Å². The summed E-state index contributed by atoms with van der Waals surface area (Å²) in [5, 5.41) is 3.51.